The van der Waals surface area contributed by atoms with E-state index in [0.29, 0.717) is 5.56 Å². The van der Waals surface area contributed by atoms with Crippen molar-refractivity contribution in [1.82, 2.24) is 5.32 Å². The van der Waals surface area contributed by atoms with Gasteiger partial charge in [0, 0.05) is 12.0 Å². The number of nitrogens with one attached hydrogen (secondary N) is 1. The third kappa shape index (κ3) is 4.01. The van der Waals surface area contributed by atoms with Crippen molar-refractivity contribution in [2.75, 3.05) is 0 Å². The van der Waals surface area contributed by atoms with Gasteiger partial charge in [-0.05, 0) is 26.0 Å². The van der Waals surface area contributed by atoms with Gasteiger partial charge >= 0.3 is 5.97 Å². The van der Waals surface area contributed by atoms with E-state index in [-0.39, 0.29) is 12.2 Å². The molecule has 0 bridgehead atoms. The average molecular weight is 249 g/mol. The van der Waals surface area contributed by atoms with Gasteiger partial charge in [0.15, 0.2) is 0 Å². The molecule has 96 valence electrons. The second-order valence-corrected chi connectivity index (χ2v) is 4.14. The van der Waals surface area contributed by atoms with Crippen molar-refractivity contribution in [2.24, 2.45) is 0 Å². The van der Waals surface area contributed by atoms with E-state index < -0.39 is 17.9 Å². The van der Waals surface area contributed by atoms with Gasteiger partial charge in [0.2, 0.25) is 0 Å². The molecule has 0 aliphatic rings. The first-order valence-electron chi connectivity index (χ1n) is 5.50. The third-order valence-electron chi connectivity index (χ3n) is 2.41. The normalized spacial score (nSPS) is 11.7. The Bertz CT molecular complexity index is 464. The zero-order valence-electron chi connectivity index (χ0n) is 10.3. The standard InChI is InChI=1S/C13H15NO4/c1-8-3-5-10(6-4-8)12(16)14-11(13(17)18)7-9(2)15/h3-6,11H,7H2,1-2H3,(H,14,16)(H,17,18). The van der Waals surface area contributed by atoms with Crippen LogP contribution in [0.2, 0.25) is 0 Å². The van der Waals surface area contributed by atoms with Gasteiger partial charge in [-0.2, -0.15) is 0 Å². The number of aryl methyl sites for hydroxylation is 1. The predicted molar refractivity (Wildman–Crippen MR) is 65.4 cm³/mol. The summed E-state index contributed by atoms with van der Waals surface area (Å²) >= 11 is 0. The van der Waals surface area contributed by atoms with E-state index in [1.807, 2.05) is 6.92 Å². The van der Waals surface area contributed by atoms with Gasteiger partial charge in [-0.3, -0.25) is 9.59 Å². The molecule has 5 heteroatoms. The maximum atomic E-state index is 11.8. The van der Waals surface area contributed by atoms with Gasteiger partial charge in [-0.15, -0.1) is 0 Å². The first-order valence-corrected chi connectivity index (χ1v) is 5.50. The summed E-state index contributed by atoms with van der Waals surface area (Å²) in [7, 11) is 0. The van der Waals surface area contributed by atoms with Crippen molar-refractivity contribution >= 4 is 17.7 Å². The highest BCUT2D eigenvalue weighted by Gasteiger charge is 2.22. The van der Waals surface area contributed by atoms with Gasteiger partial charge in [0.05, 0.1) is 0 Å². The lowest BCUT2D eigenvalue weighted by Gasteiger charge is -2.13. The zero-order valence-corrected chi connectivity index (χ0v) is 10.3. The maximum absolute atomic E-state index is 11.8. The summed E-state index contributed by atoms with van der Waals surface area (Å²) in [4.78, 5) is 33.6. The molecule has 0 aliphatic heterocycles. The largest absolute Gasteiger partial charge is 0.480 e. The Labute approximate surface area is 105 Å². The molecular formula is C13H15NO4. The Morgan fingerprint density at radius 2 is 1.78 bits per heavy atom. The van der Waals surface area contributed by atoms with E-state index in [4.69, 9.17) is 5.11 Å². The van der Waals surface area contributed by atoms with Crippen molar-refractivity contribution < 1.29 is 19.5 Å². The van der Waals surface area contributed by atoms with E-state index in [1.54, 1.807) is 24.3 Å². The molecule has 18 heavy (non-hydrogen) atoms. The fourth-order valence-corrected chi connectivity index (χ4v) is 1.43. The Morgan fingerprint density at radius 1 is 1.22 bits per heavy atom. The van der Waals surface area contributed by atoms with Crippen LogP contribution in [-0.2, 0) is 9.59 Å². The number of benzene rings is 1. The number of aliphatic carboxylic acids is 1. The van der Waals surface area contributed by atoms with Crippen LogP contribution in [0.5, 0.6) is 0 Å². The first-order chi connectivity index (χ1) is 8.40. The monoisotopic (exact) mass is 249 g/mol. The van der Waals surface area contributed by atoms with Crippen LogP contribution in [0.1, 0.15) is 29.3 Å². The van der Waals surface area contributed by atoms with Crippen molar-refractivity contribution in [3.05, 3.63) is 35.4 Å². The van der Waals surface area contributed by atoms with E-state index in [1.165, 1.54) is 6.92 Å². The molecule has 2 N–H and O–H groups in total. The van der Waals surface area contributed by atoms with Crippen molar-refractivity contribution in [3.63, 3.8) is 0 Å². The van der Waals surface area contributed by atoms with Crippen LogP contribution in [0.25, 0.3) is 0 Å². The number of carboxylic acids is 1. The minimum absolute atomic E-state index is 0.215. The molecular weight excluding hydrogens is 234 g/mol. The van der Waals surface area contributed by atoms with Crippen LogP contribution < -0.4 is 5.32 Å². The number of carboxylic acid groups (broad SMARTS) is 1. The van der Waals surface area contributed by atoms with Crippen LogP contribution in [0.15, 0.2) is 24.3 Å². The molecule has 1 aromatic rings. The summed E-state index contributed by atoms with van der Waals surface area (Å²) in [6.45, 7) is 3.17. The smallest absolute Gasteiger partial charge is 0.326 e. The zero-order chi connectivity index (χ0) is 13.7. The lowest BCUT2D eigenvalue weighted by molar-refractivity contribution is -0.140. The van der Waals surface area contributed by atoms with Crippen molar-refractivity contribution in [3.8, 4) is 0 Å². The minimum atomic E-state index is -1.22. The van der Waals surface area contributed by atoms with Gasteiger partial charge in [-0.1, -0.05) is 17.7 Å². The second kappa shape index (κ2) is 5.95. The highest BCUT2D eigenvalue weighted by atomic mass is 16.4. The fourth-order valence-electron chi connectivity index (χ4n) is 1.43. The highest BCUT2D eigenvalue weighted by molar-refractivity contribution is 5.97. The highest BCUT2D eigenvalue weighted by Crippen LogP contribution is 2.04. The van der Waals surface area contributed by atoms with Crippen LogP contribution in [0.4, 0.5) is 0 Å². The molecule has 5 nitrogen and oxygen atoms in total. The van der Waals surface area contributed by atoms with Crippen molar-refractivity contribution in [1.29, 1.82) is 0 Å². The topological polar surface area (TPSA) is 83.5 Å². The van der Waals surface area contributed by atoms with E-state index in [0.717, 1.165) is 5.56 Å². The Morgan fingerprint density at radius 3 is 2.22 bits per heavy atom. The molecule has 1 unspecified atom stereocenters. The van der Waals surface area contributed by atoms with Gasteiger partial charge in [-0.25, -0.2) is 4.79 Å². The summed E-state index contributed by atoms with van der Waals surface area (Å²) in [5.41, 5.74) is 1.38. The number of Topliss-reactive ketones (excluding diaryl/α,β-unsaturated/α-hetero) is 1. The lowest BCUT2D eigenvalue weighted by atomic mass is 10.1. The summed E-state index contributed by atoms with van der Waals surface area (Å²) in [5, 5.41) is 11.2. The number of amides is 1. The first kappa shape index (κ1) is 13.9. The summed E-state index contributed by atoms with van der Waals surface area (Å²) in [6.07, 6.45) is -0.215. The SMILES string of the molecule is CC(=O)CC(NC(=O)c1ccc(C)cc1)C(=O)O. The van der Waals surface area contributed by atoms with Gasteiger partial charge in [0.25, 0.3) is 5.91 Å². The number of hydrogen-bond donors (Lipinski definition) is 2. The van der Waals surface area contributed by atoms with Crippen LogP contribution in [0.3, 0.4) is 0 Å². The van der Waals surface area contributed by atoms with Crippen LogP contribution in [-0.4, -0.2) is 28.8 Å². The minimum Gasteiger partial charge on any atom is -0.480 e. The molecule has 1 aromatic carbocycles. The molecule has 0 saturated heterocycles. The summed E-state index contributed by atoms with van der Waals surface area (Å²) < 4.78 is 0. The van der Waals surface area contributed by atoms with E-state index >= 15 is 0 Å². The lowest BCUT2D eigenvalue weighted by Crippen LogP contribution is -2.41. The number of carbonyl (C=O) groups excluding carboxylic acids is 2. The van der Waals surface area contributed by atoms with Gasteiger partial charge < -0.3 is 10.4 Å². The molecule has 1 amide bonds. The number of hydrogen-bond acceptors (Lipinski definition) is 3. The summed E-state index contributed by atoms with van der Waals surface area (Å²) in [5.74, 6) is -2.00. The molecule has 0 spiro atoms. The van der Waals surface area contributed by atoms with Crippen LogP contribution >= 0.6 is 0 Å². The predicted octanol–water partition coefficient (Wildman–Crippen LogP) is 1.16. The average Bonchev–Trinajstić information content (AvgIpc) is 2.28. The van der Waals surface area contributed by atoms with Gasteiger partial charge in [0.1, 0.15) is 11.8 Å². The van der Waals surface area contributed by atoms with Crippen LogP contribution in [0, 0.1) is 6.92 Å². The molecule has 0 fully saturated rings. The number of carbonyl (C=O) groups is 3. The molecule has 0 heterocycles. The second-order valence-electron chi connectivity index (χ2n) is 4.14. The van der Waals surface area contributed by atoms with Crippen molar-refractivity contribution in [2.45, 2.75) is 26.3 Å². The molecule has 0 aromatic heterocycles. The quantitative estimate of drug-likeness (QED) is 0.820. The molecule has 1 atom stereocenters. The molecule has 0 aliphatic carbocycles. The molecule has 0 radical (unpaired) electrons. The van der Waals surface area contributed by atoms with E-state index in [2.05, 4.69) is 5.32 Å². The number of ketones is 1. The summed E-state index contributed by atoms with van der Waals surface area (Å²) in [6, 6.07) is 5.55. The molecule has 1 rings (SSSR count). The number of rotatable bonds is 5. The Balaban J connectivity index is 2.75. The maximum Gasteiger partial charge on any atom is 0.326 e. The van der Waals surface area contributed by atoms with E-state index in [9.17, 15) is 14.4 Å². The fraction of sp³-hybridized carbons (Fsp3) is 0.308. The Kier molecular flexibility index (Phi) is 4.59. The third-order valence-corrected chi connectivity index (χ3v) is 2.41. The Hall–Kier alpha value is -2.17. The molecule has 0 saturated carbocycles.